The molecule has 116 valence electrons. The molecule has 1 aromatic rings. The molecule has 2 rings (SSSR count). The van der Waals surface area contributed by atoms with Gasteiger partial charge in [0.05, 0.1) is 7.11 Å². The van der Waals surface area contributed by atoms with Crippen LogP contribution in [0.5, 0.6) is 5.75 Å². The second-order valence-electron chi connectivity index (χ2n) is 5.26. The topological polar surface area (TPSA) is 58.6 Å². The predicted molar refractivity (Wildman–Crippen MR) is 84.0 cm³/mol. The molecule has 1 N–H and O–H groups in total. The number of urea groups is 1. The molecule has 0 unspecified atom stereocenters. The summed E-state index contributed by atoms with van der Waals surface area (Å²) in [5, 5.41) is 2.82. The molecule has 1 aliphatic heterocycles. The Bertz CT molecular complexity index is 548. The van der Waals surface area contributed by atoms with Crippen LogP contribution in [0, 0.1) is 0 Å². The van der Waals surface area contributed by atoms with Crippen molar-refractivity contribution in [1.29, 1.82) is 0 Å². The van der Waals surface area contributed by atoms with Crippen LogP contribution in [0.25, 0.3) is 0 Å². The molecule has 2 atom stereocenters. The molecule has 0 aromatic heterocycles. The van der Waals surface area contributed by atoms with Crippen molar-refractivity contribution in [3.63, 3.8) is 0 Å². The van der Waals surface area contributed by atoms with Crippen LogP contribution >= 0.6 is 0 Å². The van der Waals surface area contributed by atoms with E-state index >= 15 is 0 Å². The highest BCUT2D eigenvalue weighted by molar-refractivity contribution is 7.84. The third-order valence-corrected chi connectivity index (χ3v) is 5.14. The molecule has 5 nitrogen and oxygen atoms in total. The maximum absolute atomic E-state index is 12.2. The van der Waals surface area contributed by atoms with Crippen LogP contribution in [0.15, 0.2) is 18.2 Å². The average molecular weight is 310 g/mol. The minimum atomic E-state index is -0.922. The number of amides is 2. The van der Waals surface area contributed by atoms with Gasteiger partial charge in [0, 0.05) is 47.5 Å². The Balaban J connectivity index is 1.98. The molecule has 0 radical (unpaired) electrons. The summed E-state index contributed by atoms with van der Waals surface area (Å²) in [6, 6.07) is 5.83. The largest absolute Gasteiger partial charge is 0.496 e. The number of nitrogens with one attached hydrogen (secondary N) is 1. The number of hydrogen-bond donors (Lipinski definition) is 1. The third kappa shape index (κ3) is 3.75. The number of methoxy groups -OCH3 is 1. The smallest absolute Gasteiger partial charge is 0.317 e. The van der Waals surface area contributed by atoms with Gasteiger partial charge in [-0.2, -0.15) is 0 Å². The fraction of sp³-hybridized carbons (Fsp3) is 0.533. The zero-order chi connectivity index (χ0) is 15.4. The van der Waals surface area contributed by atoms with E-state index in [1.54, 1.807) is 18.3 Å². The van der Waals surface area contributed by atoms with Crippen molar-refractivity contribution >= 4 is 16.8 Å². The fourth-order valence-electron chi connectivity index (χ4n) is 2.40. The Hall–Kier alpha value is -1.56. The Morgan fingerprint density at radius 2 is 2.29 bits per heavy atom. The van der Waals surface area contributed by atoms with Crippen LogP contribution in [0.3, 0.4) is 0 Å². The molecule has 2 amide bonds. The molecule has 0 saturated heterocycles. The van der Waals surface area contributed by atoms with E-state index in [9.17, 15) is 9.00 Å². The number of carbonyl (C=O) groups is 1. The summed E-state index contributed by atoms with van der Waals surface area (Å²) in [6.45, 7) is 3.56. The summed E-state index contributed by atoms with van der Waals surface area (Å²) >= 11 is 0. The van der Waals surface area contributed by atoms with Gasteiger partial charge in [-0.1, -0.05) is 12.1 Å². The lowest BCUT2D eigenvalue weighted by atomic mass is 9.99. The molecule has 1 aromatic carbocycles. The second kappa shape index (κ2) is 6.93. The van der Waals surface area contributed by atoms with Crippen molar-refractivity contribution in [3.8, 4) is 5.75 Å². The molecule has 1 aliphatic rings. The van der Waals surface area contributed by atoms with Crippen molar-refractivity contribution in [1.82, 2.24) is 10.2 Å². The summed E-state index contributed by atoms with van der Waals surface area (Å²) in [4.78, 5) is 14.0. The molecule has 0 fully saturated rings. The number of hydrogen-bond acceptors (Lipinski definition) is 3. The standard InChI is InChI=1S/C15H22N2O3S/c1-11(21(3)19)9-16-15(18)17-8-7-13-12(10-17)5-4-6-14(13)20-2/h4-6,11H,7-10H2,1-3H3,(H,16,18)/t11-,21+/m0/s1. The van der Waals surface area contributed by atoms with E-state index in [1.165, 1.54) is 5.56 Å². The van der Waals surface area contributed by atoms with Gasteiger partial charge in [0.15, 0.2) is 0 Å². The van der Waals surface area contributed by atoms with Crippen molar-refractivity contribution < 1.29 is 13.7 Å². The lowest BCUT2D eigenvalue weighted by Crippen LogP contribution is -2.45. The highest BCUT2D eigenvalue weighted by atomic mass is 32.2. The van der Waals surface area contributed by atoms with E-state index in [-0.39, 0.29) is 11.3 Å². The molecular weight excluding hydrogens is 288 g/mol. The quantitative estimate of drug-likeness (QED) is 0.917. The van der Waals surface area contributed by atoms with Crippen molar-refractivity contribution in [2.75, 3.05) is 26.5 Å². The van der Waals surface area contributed by atoms with E-state index in [0.29, 0.717) is 19.6 Å². The lowest BCUT2D eigenvalue weighted by molar-refractivity contribution is 0.192. The summed E-state index contributed by atoms with van der Waals surface area (Å²) < 4.78 is 16.7. The monoisotopic (exact) mass is 310 g/mol. The van der Waals surface area contributed by atoms with E-state index in [2.05, 4.69) is 5.32 Å². The first-order valence-electron chi connectivity index (χ1n) is 7.02. The maximum Gasteiger partial charge on any atom is 0.317 e. The summed E-state index contributed by atoms with van der Waals surface area (Å²) in [6.07, 6.45) is 2.45. The SMILES string of the molecule is COc1cccc2c1CCN(C(=O)NC[C@H](C)[S@@](C)=O)C2. The highest BCUT2D eigenvalue weighted by Gasteiger charge is 2.23. The summed E-state index contributed by atoms with van der Waals surface area (Å²) in [5.74, 6) is 0.891. The Labute approximate surface area is 128 Å². The van der Waals surface area contributed by atoms with Crippen LogP contribution in [0.1, 0.15) is 18.1 Å². The minimum absolute atomic E-state index is 0.0360. The van der Waals surface area contributed by atoms with Crippen LogP contribution in [-0.2, 0) is 23.8 Å². The highest BCUT2D eigenvalue weighted by Crippen LogP contribution is 2.27. The average Bonchev–Trinajstić information content (AvgIpc) is 2.50. The van der Waals surface area contributed by atoms with Gasteiger partial charge in [0.25, 0.3) is 0 Å². The maximum atomic E-state index is 12.2. The zero-order valence-electron chi connectivity index (χ0n) is 12.7. The van der Waals surface area contributed by atoms with Crippen LogP contribution in [0.2, 0.25) is 0 Å². The molecule has 0 aliphatic carbocycles. The molecular formula is C15H22N2O3S. The number of benzene rings is 1. The molecule has 0 bridgehead atoms. The first-order chi connectivity index (χ1) is 10.0. The predicted octanol–water partition coefficient (Wildman–Crippen LogP) is 1.53. The van der Waals surface area contributed by atoms with Crippen LogP contribution in [-0.4, -0.2) is 46.8 Å². The lowest BCUT2D eigenvalue weighted by Gasteiger charge is -2.30. The van der Waals surface area contributed by atoms with Crippen LogP contribution < -0.4 is 10.1 Å². The first kappa shape index (κ1) is 15.8. The van der Waals surface area contributed by atoms with Gasteiger partial charge in [-0.05, 0) is 25.0 Å². The minimum Gasteiger partial charge on any atom is -0.496 e. The molecule has 1 heterocycles. The van der Waals surface area contributed by atoms with Gasteiger partial charge >= 0.3 is 6.03 Å². The van der Waals surface area contributed by atoms with Gasteiger partial charge in [0.2, 0.25) is 0 Å². The summed E-state index contributed by atoms with van der Waals surface area (Å²) in [7, 11) is 0.746. The van der Waals surface area contributed by atoms with Crippen molar-refractivity contribution in [2.45, 2.75) is 25.1 Å². The molecule has 6 heteroatoms. The normalized spacial score (nSPS) is 16.8. The van der Waals surface area contributed by atoms with Gasteiger partial charge in [-0.15, -0.1) is 0 Å². The molecule has 0 saturated carbocycles. The second-order valence-corrected chi connectivity index (χ2v) is 7.07. The zero-order valence-corrected chi connectivity index (χ0v) is 13.5. The van der Waals surface area contributed by atoms with Gasteiger partial charge in [0.1, 0.15) is 5.75 Å². The van der Waals surface area contributed by atoms with Crippen molar-refractivity contribution in [2.24, 2.45) is 0 Å². The number of fused-ring (bicyclic) bond motifs is 1. The van der Waals surface area contributed by atoms with Crippen LogP contribution in [0.4, 0.5) is 4.79 Å². The van der Waals surface area contributed by atoms with Gasteiger partial charge < -0.3 is 15.0 Å². The third-order valence-electron chi connectivity index (χ3n) is 3.84. The van der Waals surface area contributed by atoms with E-state index in [0.717, 1.165) is 17.7 Å². The van der Waals surface area contributed by atoms with E-state index in [4.69, 9.17) is 4.74 Å². The summed E-state index contributed by atoms with van der Waals surface area (Å²) in [5.41, 5.74) is 2.31. The number of carbonyl (C=O) groups excluding carboxylic acids is 1. The fourth-order valence-corrected chi connectivity index (χ4v) is 2.72. The Morgan fingerprint density at radius 1 is 1.52 bits per heavy atom. The number of nitrogens with zero attached hydrogens (tertiary/aromatic N) is 1. The van der Waals surface area contributed by atoms with Crippen molar-refractivity contribution in [3.05, 3.63) is 29.3 Å². The Kier molecular flexibility index (Phi) is 5.22. The Morgan fingerprint density at radius 3 is 2.95 bits per heavy atom. The van der Waals surface area contributed by atoms with Gasteiger partial charge in [-0.25, -0.2) is 4.79 Å². The van der Waals surface area contributed by atoms with Gasteiger partial charge in [-0.3, -0.25) is 4.21 Å². The number of rotatable bonds is 4. The molecule has 21 heavy (non-hydrogen) atoms. The number of ether oxygens (including phenoxy) is 1. The first-order valence-corrected chi connectivity index (χ1v) is 8.64. The van der Waals surface area contributed by atoms with E-state index in [1.807, 2.05) is 25.1 Å². The van der Waals surface area contributed by atoms with E-state index < -0.39 is 10.8 Å². The molecule has 0 spiro atoms.